The Morgan fingerprint density at radius 3 is 2.53 bits per heavy atom. The molecule has 4 N–H and O–H groups in total. The fourth-order valence-corrected chi connectivity index (χ4v) is 2.34. The van der Waals surface area contributed by atoms with E-state index in [9.17, 15) is 4.79 Å². The van der Waals surface area contributed by atoms with Gasteiger partial charge in [0.15, 0.2) is 5.11 Å². The molecule has 0 aliphatic carbocycles. The standard InChI is InChI=1S/C13H15N3O2S/c1-7-10(12(14)17)11(16-13(19)15-7)8-3-5-9(18-2)6-4-8/h3-6,11H,1-2H3,(H2,14,17)(H2,15,16,19)/t11-/m1/s1. The number of nitrogens with two attached hydrogens (primary N) is 1. The number of benzene rings is 1. The van der Waals surface area contributed by atoms with Gasteiger partial charge in [0.05, 0.1) is 18.7 Å². The maximum absolute atomic E-state index is 11.6. The molecule has 6 heteroatoms. The summed E-state index contributed by atoms with van der Waals surface area (Å²) in [6.45, 7) is 1.78. The van der Waals surface area contributed by atoms with Crippen molar-refractivity contribution in [2.75, 3.05) is 7.11 Å². The first-order valence-electron chi connectivity index (χ1n) is 5.75. The number of methoxy groups -OCH3 is 1. The highest BCUT2D eigenvalue weighted by atomic mass is 32.1. The molecule has 1 aliphatic rings. The molecule has 5 nitrogen and oxygen atoms in total. The number of ether oxygens (including phenoxy) is 1. The van der Waals surface area contributed by atoms with E-state index in [1.54, 1.807) is 14.0 Å². The van der Waals surface area contributed by atoms with Gasteiger partial charge in [-0.15, -0.1) is 0 Å². The minimum atomic E-state index is -0.471. The van der Waals surface area contributed by atoms with E-state index in [-0.39, 0.29) is 6.04 Å². The van der Waals surface area contributed by atoms with E-state index in [4.69, 9.17) is 22.7 Å². The normalized spacial score (nSPS) is 18.6. The van der Waals surface area contributed by atoms with E-state index in [0.29, 0.717) is 16.4 Å². The Bertz CT molecular complexity index is 552. The smallest absolute Gasteiger partial charge is 0.248 e. The highest BCUT2D eigenvalue weighted by Crippen LogP contribution is 2.27. The van der Waals surface area contributed by atoms with Crippen LogP contribution in [0.5, 0.6) is 5.75 Å². The first kappa shape index (κ1) is 13.4. The Labute approximate surface area is 116 Å². The van der Waals surface area contributed by atoms with Gasteiger partial charge < -0.3 is 21.1 Å². The van der Waals surface area contributed by atoms with Crippen molar-refractivity contribution in [2.24, 2.45) is 5.73 Å². The monoisotopic (exact) mass is 277 g/mol. The van der Waals surface area contributed by atoms with Crippen LogP contribution < -0.4 is 21.1 Å². The van der Waals surface area contributed by atoms with Gasteiger partial charge in [0.2, 0.25) is 5.91 Å². The van der Waals surface area contributed by atoms with Gasteiger partial charge in [-0.25, -0.2) is 0 Å². The number of hydrogen-bond donors (Lipinski definition) is 3. The third-order valence-corrected chi connectivity index (χ3v) is 3.20. The second kappa shape index (κ2) is 5.27. The Hall–Kier alpha value is -2.08. The summed E-state index contributed by atoms with van der Waals surface area (Å²) in [5.41, 5.74) is 7.51. The van der Waals surface area contributed by atoms with Crippen LogP contribution in [-0.2, 0) is 4.79 Å². The second-order valence-electron chi connectivity index (χ2n) is 4.21. The van der Waals surface area contributed by atoms with Gasteiger partial charge in [0.25, 0.3) is 0 Å². The average Bonchev–Trinajstić information content (AvgIpc) is 2.37. The van der Waals surface area contributed by atoms with Crippen molar-refractivity contribution in [2.45, 2.75) is 13.0 Å². The highest BCUT2D eigenvalue weighted by molar-refractivity contribution is 7.80. The Morgan fingerprint density at radius 2 is 2.00 bits per heavy atom. The van der Waals surface area contributed by atoms with Crippen LogP contribution in [0, 0.1) is 0 Å². The first-order chi connectivity index (χ1) is 9.02. The lowest BCUT2D eigenvalue weighted by molar-refractivity contribution is -0.115. The topological polar surface area (TPSA) is 76.4 Å². The zero-order valence-corrected chi connectivity index (χ0v) is 11.5. The molecular weight excluding hydrogens is 262 g/mol. The summed E-state index contributed by atoms with van der Waals surface area (Å²) < 4.78 is 5.11. The van der Waals surface area contributed by atoms with Crippen molar-refractivity contribution in [1.82, 2.24) is 10.6 Å². The third-order valence-electron chi connectivity index (χ3n) is 2.98. The number of rotatable bonds is 3. The van der Waals surface area contributed by atoms with Gasteiger partial charge in [0.1, 0.15) is 5.75 Å². The van der Waals surface area contributed by atoms with E-state index < -0.39 is 5.91 Å². The molecular formula is C13H15N3O2S. The minimum absolute atomic E-state index is 0.336. The number of carbonyl (C=O) groups is 1. The zero-order valence-electron chi connectivity index (χ0n) is 10.7. The van der Waals surface area contributed by atoms with Gasteiger partial charge in [-0.05, 0) is 36.8 Å². The maximum atomic E-state index is 11.6. The van der Waals surface area contributed by atoms with Crippen LogP contribution in [0.15, 0.2) is 35.5 Å². The van der Waals surface area contributed by atoms with Crippen molar-refractivity contribution >= 4 is 23.2 Å². The van der Waals surface area contributed by atoms with Gasteiger partial charge >= 0.3 is 0 Å². The number of primary amides is 1. The summed E-state index contributed by atoms with van der Waals surface area (Å²) >= 11 is 5.11. The van der Waals surface area contributed by atoms with E-state index in [1.807, 2.05) is 24.3 Å². The van der Waals surface area contributed by atoms with Crippen molar-refractivity contribution in [1.29, 1.82) is 0 Å². The van der Waals surface area contributed by atoms with Gasteiger partial charge in [-0.2, -0.15) is 0 Å². The molecule has 1 heterocycles. The molecule has 19 heavy (non-hydrogen) atoms. The van der Waals surface area contributed by atoms with Gasteiger partial charge in [-0.1, -0.05) is 12.1 Å². The van der Waals surface area contributed by atoms with E-state index in [1.165, 1.54) is 0 Å². The largest absolute Gasteiger partial charge is 0.497 e. The molecule has 100 valence electrons. The van der Waals surface area contributed by atoms with E-state index >= 15 is 0 Å². The van der Waals surface area contributed by atoms with Crippen LogP contribution in [0.3, 0.4) is 0 Å². The number of allylic oxidation sites excluding steroid dienone is 1. The molecule has 1 aromatic carbocycles. The summed E-state index contributed by atoms with van der Waals surface area (Å²) in [7, 11) is 1.60. The summed E-state index contributed by atoms with van der Waals surface area (Å²) in [5.74, 6) is 0.280. The fraction of sp³-hybridized carbons (Fsp3) is 0.231. The molecule has 0 fully saturated rings. The minimum Gasteiger partial charge on any atom is -0.497 e. The molecule has 1 atom stereocenters. The highest BCUT2D eigenvalue weighted by Gasteiger charge is 2.28. The molecule has 0 unspecified atom stereocenters. The molecule has 1 aromatic rings. The average molecular weight is 277 g/mol. The molecule has 0 radical (unpaired) electrons. The summed E-state index contributed by atoms with van der Waals surface area (Å²) in [6.07, 6.45) is 0. The molecule has 0 saturated carbocycles. The fourth-order valence-electron chi connectivity index (χ4n) is 2.07. The third kappa shape index (κ3) is 2.68. The lowest BCUT2D eigenvalue weighted by Gasteiger charge is -2.29. The molecule has 0 aromatic heterocycles. The molecule has 1 aliphatic heterocycles. The zero-order chi connectivity index (χ0) is 14.0. The van der Waals surface area contributed by atoms with Crippen LogP contribution in [-0.4, -0.2) is 18.1 Å². The number of hydrogen-bond acceptors (Lipinski definition) is 3. The Balaban J connectivity index is 2.42. The van der Waals surface area contributed by atoms with Crippen LogP contribution >= 0.6 is 12.2 Å². The number of carbonyl (C=O) groups excluding carboxylic acids is 1. The van der Waals surface area contributed by atoms with Gasteiger partial charge in [-0.3, -0.25) is 4.79 Å². The maximum Gasteiger partial charge on any atom is 0.248 e. The lowest BCUT2D eigenvalue weighted by atomic mass is 9.95. The van der Waals surface area contributed by atoms with Crippen molar-refractivity contribution < 1.29 is 9.53 Å². The number of amides is 1. The van der Waals surface area contributed by atoms with Crippen LogP contribution in [0.25, 0.3) is 0 Å². The first-order valence-corrected chi connectivity index (χ1v) is 6.15. The number of thiocarbonyl (C=S) groups is 1. The quantitative estimate of drug-likeness (QED) is 0.718. The van der Waals surface area contributed by atoms with Gasteiger partial charge in [0, 0.05) is 5.70 Å². The van der Waals surface area contributed by atoms with Crippen LogP contribution in [0.1, 0.15) is 18.5 Å². The predicted octanol–water partition coefficient (Wildman–Crippen LogP) is 0.973. The molecule has 0 saturated heterocycles. The summed E-state index contributed by atoms with van der Waals surface area (Å²) in [6, 6.07) is 7.07. The van der Waals surface area contributed by atoms with Crippen molar-refractivity contribution in [3.63, 3.8) is 0 Å². The van der Waals surface area contributed by atoms with Crippen molar-refractivity contribution in [3.05, 3.63) is 41.1 Å². The molecule has 0 spiro atoms. The Morgan fingerprint density at radius 1 is 1.37 bits per heavy atom. The lowest BCUT2D eigenvalue weighted by Crippen LogP contribution is -2.46. The van der Waals surface area contributed by atoms with Crippen molar-refractivity contribution in [3.8, 4) is 5.75 Å². The second-order valence-corrected chi connectivity index (χ2v) is 4.62. The van der Waals surface area contributed by atoms with E-state index in [0.717, 1.165) is 11.3 Å². The summed E-state index contributed by atoms with van der Waals surface area (Å²) in [4.78, 5) is 11.6. The Kier molecular flexibility index (Phi) is 3.71. The molecule has 2 rings (SSSR count). The molecule has 1 amide bonds. The van der Waals surface area contributed by atoms with E-state index in [2.05, 4.69) is 10.6 Å². The van der Waals surface area contributed by atoms with Crippen LogP contribution in [0.4, 0.5) is 0 Å². The molecule has 0 bridgehead atoms. The predicted molar refractivity (Wildman–Crippen MR) is 76.5 cm³/mol. The number of nitrogens with one attached hydrogen (secondary N) is 2. The SMILES string of the molecule is COc1ccc([C@H]2NC(=S)NC(C)=C2C(N)=O)cc1. The van der Waals surface area contributed by atoms with Crippen LogP contribution in [0.2, 0.25) is 0 Å². The summed E-state index contributed by atoms with van der Waals surface area (Å²) in [5, 5.41) is 6.44.